The zero-order chi connectivity index (χ0) is 18.6. The van der Waals surface area contributed by atoms with Gasteiger partial charge in [0.15, 0.2) is 11.5 Å². The van der Waals surface area contributed by atoms with Crippen LogP contribution in [-0.2, 0) is 13.1 Å². The van der Waals surface area contributed by atoms with E-state index in [0.717, 1.165) is 56.3 Å². The molecule has 1 saturated heterocycles. The quantitative estimate of drug-likeness (QED) is 0.650. The molecule has 2 aromatic carbocycles. The number of hydrogen-bond donors (Lipinski definition) is 0. The van der Waals surface area contributed by atoms with E-state index in [1.165, 1.54) is 15.3 Å². The molecule has 4 rings (SSSR count). The monoisotopic (exact) mass is 383 g/mol. The average molecular weight is 384 g/mol. The molecular formula is C21H25N3O2S. The molecule has 1 fully saturated rings. The number of rotatable bonds is 6. The molecule has 2 heterocycles. The first-order valence-electron chi connectivity index (χ1n) is 9.25. The molecular weight excluding hydrogens is 358 g/mol. The Balaban J connectivity index is 1.32. The Morgan fingerprint density at radius 1 is 0.889 bits per heavy atom. The summed E-state index contributed by atoms with van der Waals surface area (Å²) in [7, 11) is 3.35. The van der Waals surface area contributed by atoms with Gasteiger partial charge in [0.25, 0.3) is 0 Å². The SMILES string of the molecule is COc1ccc(CN2CCN(Cc3nc4ccccc4s3)CC2)cc1OC. The van der Waals surface area contributed by atoms with Gasteiger partial charge >= 0.3 is 0 Å². The number of methoxy groups -OCH3 is 2. The van der Waals surface area contributed by atoms with Crippen molar-refractivity contribution >= 4 is 21.6 Å². The van der Waals surface area contributed by atoms with Crippen LogP contribution < -0.4 is 9.47 Å². The van der Waals surface area contributed by atoms with Crippen molar-refractivity contribution in [3.63, 3.8) is 0 Å². The number of fused-ring (bicyclic) bond motifs is 1. The maximum atomic E-state index is 5.42. The van der Waals surface area contributed by atoms with Gasteiger partial charge in [-0.05, 0) is 29.8 Å². The number of piperazine rings is 1. The van der Waals surface area contributed by atoms with Crippen LogP contribution in [0, 0.1) is 0 Å². The molecule has 0 N–H and O–H groups in total. The van der Waals surface area contributed by atoms with Gasteiger partial charge < -0.3 is 9.47 Å². The molecule has 6 heteroatoms. The van der Waals surface area contributed by atoms with E-state index in [-0.39, 0.29) is 0 Å². The minimum Gasteiger partial charge on any atom is -0.493 e. The van der Waals surface area contributed by atoms with E-state index in [1.807, 2.05) is 17.4 Å². The van der Waals surface area contributed by atoms with Gasteiger partial charge in [-0.15, -0.1) is 11.3 Å². The Labute approximate surface area is 164 Å². The summed E-state index contributed by atoms with van der Waals surface area (Å²) in [4.78, 5) is 9.77. The smallest absolute Gasteiger partial charge is 0.161 e. The zero-order valence-corrected chi connectivity index (χ0v) is 16.7. The molecule has 3 aromatic rings. The summed E-state index contributed by atoms with van der Waals surface area (Å²) in [6, 6.07) is 14.6. The van der Waals surface area contributed by atoms with Crippen LogP contribution in [0.2, 0.25) is 0 Å². The maximum Gasteiger partial charge on any atom is 0.161 e. The van der Waals surface area contributed by atoms with Crippen molar-refractivity contribution in [1.29, 1.82) is 0 Å². The Hall–Kier alpha value is -2.15. The lowest BCUT2D eigenvalue weighted by Gasteiger charge is -2.34. The van der Waals surface area contributed by atoms with Crippen molar-refractivity contribution in [3.8, 4) is 11.5 Å². The van der Waals surface area contributed by atoms with Crippen LogP contribution in [0.15, 0.2) is 42.5 Å². The predicted octanol–water partition coefficient (Wildman–Crippen LogP) is 3.63. The molecule has 1 aliphatic heterocycles. The number of thiazole rings is 1. The van der Waals surface area contributed by atoms with Crippen molar-refractivity contribution in [2.24, 2.45) is 0 Å². The second-order valence-electron chi connectivity index (χ2n) is 6.82. The van der Waals surface area contributed by atoms with Crippen LogP contribution in [0.3, 0.4) is 0 Å². The Bertz CT molecular complexity index is 870. The average Bonchev–Trinajstić information content (AvgIpc) is 3.11. The van der Waals surface area contributed by atoms with Gasteiger partial charge in [-0.1, -0.05) is 18.2 Å². The summed E-state index contributed by atoms with van der Waals surface area (Å²) in [5.74, 6) is 1.58. The molecule has 0 amide bonds. The molecule has 0 atom stereocenters. The lowest BCUT2D eigenvalue weighted by Crippen LogP contribution is -2.45. The Kier molecular flexibility index (Phi) is 5.57. The van der Waals surface area contributed by atoms with Crippen LogP contribution in [-0.4, -0.2) is 55.2 Å². The van der Waals surface area contributed by atoms with Crippen molar-refractivity contribution in [2.75, 3.05) is 40.4 Å². The minimum absolute atomic E-state index is 0.780. The highest BCUT2D eigenvalue weighted by Gasteiger charge is 2.19. The third-order valence-corrected chi connectivity index (χ3v) is 6.04. The molecule has 27 heavy (non-hydrogen) atoms. The lowest BCUT2D eigenvalue weighted by atomic mass is 10.1. The highest BCUT2D eigenvalue weighted by molar-refractivity contribution is 7.18. The molecule has 142 valence electrons. The standard InChI is InChI=1S/C21H25N3O2S/c1-25-18-8-7-16(13-19(18)26-2)14-23-9-11-24(12-10-23)15-21-22-17-5-3-4-6-20(17)27-21/h3-8,13H,9-12,14-15H2,1-2H3. The second-order valence-corrected chi connectivity index (χ2v) is 7.93. The zero-order valence-electron chi connectivity index (χ0n) is 15.9. The van der Waals surface area contributed by atoms with Gasteiger partial charge in [-0.3, -0.25) is 9.80 Å². The van der Waals surface area contributed by atoms with E-state index in [2.05, 4.69) is 46.2 Å². The van der Waals surface area contributed by atoms with E-state index in [9.17, 15) is 0 Å². The van der Waals surface area contributed by atoms with Crippen LogP contribution in [0.25, 0.3) is 10.2 Å². The first-order chi connectivity index (χ1) is 13.2. The number of aromatic nitrogens is 1. The predicted molar refractivity (Wildman–Crippen MR) is 110 cm³/mol. The third kappa shape index (κ3) is 4.24. The van der Waals surface area contributed by atoms with Crippen LogP contribution >= 0.6 is 11.3 Å². The number of hydrogen-bond acceptors (Lipinski definition) is 6. The molecule has 5 nitrogen and oxygen atoms in total. The van der Waals surface area contributed by atoms with Gasteiger partial charge in [0.2, 0.25) is 0 Å². The molecule has 1 aromatic heterocycles. The topological polar surface area (TPSA) is 37.8 Å². The fourth-order valence-electron chi connectivity index (χ4n) is 3.52. The first kappa shape index (κ1) is 18.2. The number of benzene rings is 2. The highest BCUT2D eigenvalue weighted by Crippen LogP contribution is 2.28. The Morgan fingerprint density at radius 3 is 2.30 bits per heavy atom. The van der Waals surface area contributed by atoms with Crippen LogP contribution in [0.5, 0.6) is 11.5 Å². The summed E-state index contributed by atoms with van der Waals surface area (Å²) in [6.45, 7) is 6.17. The molecule has 0 bridgehead atoms. The van der Waals surface area contributed by atoms with E-state index in [1.54, 1.807) is 14.2 Å². The molecule has 0 unspecified atom stereocenters. The Morgan fingerprint density at radius 2 is 1.59 bits per heavy atom. The fourth-order valence-corrected chi connectivity index (χ4v) is 4.53. The number of ether oxygens (including phenoxy) is 2. The number of para-hydroxylation sites is 1. The molecule has 0 spiro atoms. The maximum absolute atomic E-state index is 5.42. The van der Waals surface area contributed by atoms with Crippen molar-refractivity contribution < 1.29 is 9.47 Å². The van der Waals surface area contributed by atoms with Crippen LogP contribution in [0.4, 0.5) is 0 Å². The van der Waals surface area contributed by atoms with Crippen molar-refractivity contribution in [1.82, 2.24) is 14.8 Å². The van der Waals surface area contributed by atoms with E-state index < -0.39 is 0 Å². The fraction of sp³-hybridized carbons (Fsp3) is 0.381. The van der Waals surface area contributed by atoms with Gasteiger partial charge in [0.05, 0.1) is 31.0 Å². The summed E-state index contributed by atoms with van der Waals surface area (Å²) in [5, 5.41) is 1.21. The van der Waals surface area contributed by atoms with Crippen molar-refractivity contribution in [2.45, 2.75) is 13.1 Å². The lowest BCUT2D eigenvalue weighted by molar-refractivity contribution is 0.122. The van der Waals surface area contributed by atoms with Crippen molar-refractivity contribution in [3.05, 3.63) is 53.0 Å². The van der Waals surface area contributed by atoms with E-state index >= 15 is 0 Å². The van der Waals surface area contributed by atoms with E-state index in [4.69, 9.17) is 14.5 Å². The molecule has 0 radical (unpaired) electrons. The molecule has 0 saturated carbocycles. The largest absolute Gasteiger partial charge is 0.493 e. The minimum atomic E-state index is 0.780. The first-order valence-corrected chi connectivity index (χ1v) is 10.1. The van der Waals surface area contributed by atoms with Gasteiger partial charge in [-0.25, -0.2) is 4.98 Å². The second kappa shape index (κ2) is 8.25. The number of nitrogens with zero attached hydrogens (tertiary/aromatic N) is 3. The molecule has 1 aliphatic rings. The summed E-state index contributed by atoms with van der Waals surface area (Å²) in [6.07, 6.45) is 0. The normalized spacial score (nSPS) is 15.9. The summed E-state index contributed by atoms with van der Waals surface area (Å²) in [5.41, 5.74) is 2.37. The van der Waals surface area contributed by atoms with Crippen LogP contribution in [0.1, 0.15) is 10.6 Å². The highest BCUT2D eigenvalue weighted by atomic mass is 32.1. The molecule has 0 aliphatic carbocycles. The van der Waals surface area contributed by atoms with Gasteiger partial charge in [0, 0.05) is 32.7 Å². The van der Waals surface area contributed by atoms with Gasteiger partial charge in [-0.2, -0.15) is 0 Å². The summed E-state index contributed by atoms with van der Waals surface area (Å²) >= 11 is 1.81. The summed E-state index contributed by atoms with van der Waals surface area (Å²) < 4.78 is 12.0. The van der Waals surface area contributed by atoms with Gasteiger partial charge in [0.1, 0.15) is 5.01 Å². The third-order valence-electron chi connectivity index (χ3n) is 5.02. The van der Waals surface area contributed by atoms with E-state index in [0.29, 0.717) is 0 Å².